The molecule has 0 unspecified atom stereocenters. The number of hydrazine groups is 1. The Labute approximate surface area is 127 Å². The Kier molecular flexibility index (Phi) is 4.57. The molecule has 1 aromatic carbocycles. The van der Waals surface area contributed by atoms with E-state index in [1.165, 1.54) is 0 Å². The van der Waals surface area contributed by atoms with Crippen LogP contribution >= 0.6 is 15.9 Å². The van der Waals surface area contributed by atoms with Gasteiger partial charge in [-0.2, -0.15) is 0 Å². The van der Waals surface area contributed by atoms with Gasteiger partial charge in [-0.3, -0.25) is 0 Å². The van der Waals surface area contributed by atoms with Crippen LogP contribution in [0.25, 0.3) is 0 Å². The topological polar surface area (TPSA) is 75.9 Å². The molecule has 1 heterocycles. The number of anilines is 3. The maximum absolute atomic E-state index is 5.44. The lowest BCUT2D eigenvalue weighted by Gasteiger charge is -2.14. The van der Waals surface area contributed by atoms with Crippen LogP contribution in [0.5, 0.6) is 0 Å². The van der Waals surface area contributed by atoms with Gasteiger partial charge in [0.15, 0.2) is 0 Å². The molecular weight excluding hydrogens is 318 g/mol. The van der Waals surface area contributed by atoms with Gasteiger partial charge in [0.05, 0.1) is 0 Å². The first-order valence-corrected chi connectivity index (χ1v) is 7.21. The molecule has 2 aromatic rings. The predicted molar refractivity (Wildman–Crippen MR) is 86.1 cm³/mol. The van der Waals surface area contributed by atoms with E-state index in [4.69, 9.17) is 5.84 Å². The molecule has 0 fully saturated rings. The van der Waals surface area contributed by atoms with Crippen LogP contribution in [0.2, 0.25) is 0 Å². The van der Waals surface area contributed by atoms with E-state index in [0.29, 0.717) is 5.82 Å². The second-order valence-corrected chi connectivity index (χ2v) is 5.51. The van der Waals surface area contributed by atoms with Gasteiger partial charge >= 0.3 is 0 Å². The SMILES string of the molecule is CCc1nc(NN)cc(Nc2c(C)cc(Br)cc2C)n1. The molecule has 0 aliphatic carbocycles. The minimum atomic E-state index is 0.603. The molecule has 0 bridgehead atoms. The van der Waals surface area contributed by atoms with Crippen molar-refractivity contribution in [2.75, 3.05) is 10.7 Å². The molecule has 4 N–H and O–H groups in total. The summed E-state index contributed by atoms with van der Waals surface area (Å²) in [4.78, 5) is 8.75. The Morgan fingerprint density at radius 2 is 1.70 bits per heavy atom. The average Bonchev–Trinajstić information content (AvgIpc) is 2.42. The molecule has 6 heteroatoms. The molecule has 0 saturated heterocycles. The van der Waals surface area contributed by atoms with Gasteiger partial charge in [-0.15, -0.1) is 0 Å². The van der Waals surface area contributed by atoms with E-state index < -0.39 is 0 Å². The number of halogens is 1. The van der Waals surface area contributed by atoms with Crippen molar-refractivity contribution in [1.29, 1.82) is 0 Å². The number of aromatic nitrogens is 2. The lowest BCUT2D eigenvalue weighted by Crippen LogP contribution is -2.11. The quantitative estimate of drug-likeness (QED) is 0.589. The standard InChI is InChI=1S/C14H18BrN5/c1-4-11-17-12(7-13(18-11)20-16)19-14-8(2)5-10(15)6-9(14)3/h5-7H,4,16H2,1-3H3,(H2,17,18,19,20). The van der Waals surface area contributed by atoms with Crippen LogP contribution in [0.4, 0.5) is 17.3 Å². The Hall–Kier alpha value is -1.66. The van der Waals surface area contributed by atoms with Crippen LogP contribution < -0.4 is 16.6 Å². The van der Waals surface area contributed by atoms with Gasteiger partial charge in [0.2, 0.25) is 0 Å². The maximum atomic E-state index is 5.44. The number of nitrogens with zero attached hydrogens (tertiary/aromatic N) is 2. The zero-order valence-electron chi connectivity index (χ0n) is 11.8. The molecule has 106 valence electrons. The molecular formula is C14H18BrN5. The summed E-state index contributed by atoms with van der Waals surface area (Å²) in [7, 11) is 0. The highest BCUT2D eigenvalue weighted by molar-refractivity contribution is 9.10. The second kappa shape index (κ2) is 6.19. The van der Waals surface area contributed by atoms with Crippen LogP contribution in [0.1, 0.15) is 23.9 Å². The molecule has 1 aromatic heterocycles. The van der Waals surface area contributed by atoms with Gasteiger partial charge in [0.25, 0.3) is 0 Å². The van der Waals surface area contributed by atoms with Crippen LogP contribution in [-0.2, 0) is 6.42 Å². The molecule has 0 aliphatic heterocycles. The molecule has 2 rings (SSSR count). The predicted octanol–water partition coefficient (Wildman–Crippen LogP) is 3.45. The summed E-state index contributed by atoms with van der Waals surface area (Å²) >= 11 is 3.50. The highest BCUT2D eigenvalue weighted by Gasteiger charge is 2.08. The first-order chi connectivity index (χ1) is 9.53. The molecule has 0 spiro atoms. The van der Waals surface area contributed by atoms with Crippen molar-refractivity contribution in [2.24, 2.45) is 5.84 Å². The monoisotopic (exact) mass is 335 g/mol. The fraction of sp³-hybridized carbons (Fsp3) is 0.286. The summed E-state index contributed by atoms with van der Waals surface area (Å²) in [5.74, 6) is 7.52. The van der Waals surface area contributed by atoms with Crippen LogP contribution in [0, 0.1) is 13.8 Å². The molecule has 0 saturated carbocycles. The zero-order chi connectivity index (χ0) is 14.7. The van der Waals surface area contributed by atoms with Crippen molar-refractivity contribution in [3.63, 3.8) is 0 Å². The number of nitrogens with two attached hydrogens (primary N) is 1. The third kappa shape index (κ3) is 3.26. The summed E-state index contributed by atoms with van der Waals surface area (Å²) in [6.45, 7) is 6.13. The van der Waals surface area contributed by atoms with Gasteiger partial charge < -0.3 is 10.7 Å². The second-order valence-electron chi connectivity index (χ2n) is 4.59. The molecule has 0 radical (unpaired) electrons. The highest BCUT2D eigenvalue weighted by Crippen LogP contribution is 2.28. The first-order valence-electron chi connectivity index (χ1n) is 6.41. The summed E-state index contributed by atoms with van der Waals surface area (Å²) in [5, 5.41) is 3.35. The van der Waals surface area contributed by atoms with E-state index in [0.717, 1.165) is 39.4 Å². The minimum Gasteiger partial charge on any atom is -0.340 e. The van der Waals surface area contributed by atoms with Gasteiger partial charge in [-0.05, 0) is 37.1 Å². The molecule has 20 heavy (non-hydrogen) atoms. The van der Waals surface area contributed by atoms with Gasteiger partial charge in [0, 0.05) is 22.6 Å². The van der Waals surface area contributed by atoms with E-state index in [1.54, 1.807) is 6.07 Å². The lowest BCUT2D eigenvalue weighted by molar-refractivity contribution is 0.941. The Morgan fingerprint density at radius 3 is 2.25 bits per heavy atom. The number of benzene rings is 1. The van der Waals surface area contributed by atoms with Gasteiger partial charge in [0.1, 0.15) is 17.5 Å². The third-order valence-electron chi connectivity index (χ3n) is 2.99. The Bertz CT molecular complexity index is 582. The van der Waals surface area contributed by atoms with Crippen molar-refractivity contribution in [3.05, 3.63) is 39.6 Å². The van der Waals surface area contributed by atoms with E-state index in [2.05, 4.69) is 62.6 Å². The Balaban J connectivity index is 2.39. The van der Waals surface area contributed by atoms with Crippen molar-refractivity contribution in [3.8, 4) is 0 Å². The summed E-state index contributed by atoms with van der Waals surface area (Å²) in [6.07, 6.45) is 0.752. The molecule has 0 atom stereocenters. The number of hydrogen-bond donors (Lipinski definition) is 3. The van der Waals surface area contributed by atoms with Crippen molar-refractivity contribution >= 4 is 33.3 Å². The largest absolute Gasteiger partial charge is 0.340 e. The van der Waals surface area contributed by atoms with Crippen LogP contribution in [0.15, 0.2) is 22.7 Å². The summed E-state index contributed by atoms with van der Waals surface area (Å²) in [5.41, 5.74) is 5.92. The number of hydrogen-bond acceptors (Lipinski definition) is 5. The number of rotatable bonds is 4. The Morgan fingerprint density at radius 1 is 1.10 bits per heavy atom. The molecule has 0 aliphatic rings. The number of nitrogen functional groups attached to an aromatic ring is 1. The first kappa shape index (κ1) is 14.7. The molecule has 5 nitrogen and oxygen atoms in total. The summed E-state index contributed by atoms with van der Waals surface area (Å²) < 4.78 is 1.07. The summed E-state index contributed by atoms with van der Waals surface area (Å²) in [6, 6.07) is 5.93. The number of nitrogens with one attached hydrogen (secondary N) is 2. The minimum absolute atomic E-state index is 0.603. The van der Waals surface area contributed by atoms with Crippen molar-refractivity contribution in [1.82, 2.24) is 9.97 Å². The normalized spacial score (nSPS) is 10.4. The highest BCUT2D eigenvalue weighted by atomic mass is 79.9. The zero-order valence-corrected chi connectivity index (χ0v) is 13.4. The smallest absolute Gasteiger partial charge is 0.145 e. The van der Waals surface area contributed by atoms with E-state index in [9.17, 15) is 0 Å². The average molecular weight is 336 g/mol. The van der Waals surface area contributed by atoms with Gasteiger partial charge in [-0.1, -0.05) is 22.9 Å². The van der Waals surface area contributed by atoms with Crippen molar-refractivity contribution in [2.45, 2.75) is 27.2 Å². The van der Waals surface area contributed by atoms with Gasteiger partial charge in [-0.25, -0.2) is 15.8 Å². The lowest BCUT2D eigenvalue weighted by atomic mass is 10.1. The van der Waals surface area contributed by atoms with Crippen molar-refractivity contribution < 1.29 is 0 Å². The maximum Gasteiger partial charge on any atom is 0.145 e. The van der Waals surface area contributed by atoms with E-state index >= 15 is 0 Å². The fourth-order valence-corrected chi connectivity index (χ4v) is 2.72. The fourth-order valence-electron chi connectivity index (χ4n) is 2.03. The van der Waals surface area contributed by atoms with Crippen LogP contribution in [0.3, 0.4) is 0 Å². The number of aryl methyl sites for hydroxylation is 3. The van der Waals surface area contributed by atoms with E-state index in [-0.39, 0.29) is 0 Å². The third-order valence-corrected chi connectivity index (χ3v) is 3.44. The molecule has 0 amide bonds. The van der Waals surface area contributed by atoms with Crippen LogP contribution in [-0.4, -0.2) is 9.97 Å². The van der Waals surface area contributed by atoms with E-state index in [1.807, 2.05) is 6.92 Å².